The lowest BCUT2D eigenvalue weighted by atomic mass is 10.1. The first-order valence-corrected chi connectivity index (χ1v) is 11.8. The van der Waals surface area contributed by atoms with E-state index in [0.29, 0.717) is 12.3 Å². The molecule has 1 aliphatic heterocycles. The predicted molar refractivity (Wildman–Crippen MR) is 116 cm³/mol. The van der Waals surface area contributed by atoms with E-state index in [-0.39, 0.29) is 10.3 Å². The molecule has 1 saturated heterocycles. The van der Waals surface area contributed by atoms with Crippen LogP contribution in [0.2, 0.25) is 0 Å². The maximum Gasteiger partial charge on any atom is 0.271 e. The predicted octanol–water partition coefficient (Wildman–Crippen LogP) is 4.00. The summed E-state index contributed by atoms with van der Waals surface area (Å²) >= 11 is 1.20. The normalized spacial score (nSPS) is 17.9. The van der Waals surface area contributed by atoms with Crippen LogP contribution in [0.15, 0.2) is 65.0 Å². The zero-order valence-electron chi connectivity index (χ0n) is 16.1. The van der Waals surface area contributed by atoms with Crippen LogP contribution in [0.3, 0.4) is 0 Å². The third-order valence-corrected chi connectivity index (χ3v) is 7.88. The van der Waals surface area contributed by atoms with Crippen LogP contribution < -0.4 is 4.72 Å². The SMILES string of the molecule is CCN1CCOC(c2ccc(NS(=O)(=O)c3ccc(-c4ccccn4)s3)cc2)C1. The molecule has 1 aliphatic rings. The van der Waals surface area contributed by atoms with Gasteiger partial charge in [0.25, 0.3) is 10.0 Å². The van der Waals surface area contributed by atoms with Gasteiger partial charge >= 0.3 is 0 Å². The van der Waals surface area contributed by atoms with Gasteiger partial charge in [-0.25, -0.2) is 8.42 Å². The number of pyridine rings is 1. The largest absolute Gasteiger partial charge is 0.371 e. The molecule has 4 rings (SSSR count). The summed E-state index contributed by atoms with van der Waals surface area (Å²) in [6.07, 6.45) is 1.71. The lowest BCUT2D eigenvalue weighted by molar-refractivity contribution is -0.0281. The van der Waals surface area contributed by atoms with Crippen molar-refractivity contribution >= 4 is 27.0 Å². The summed E-state index contributed by atoms with van der Waals surface area (Å²) in [6, 6.07) is 16.4. The van der Waals surface area contributed by atoms with Crippen LogP contribution in [-0.2, 0) is 14.8 Å². The number of aromatic nitrogens is 1. The monoisotopic (exact) mass is 429 g/mol. The van der Waals surface area contributed by atoms with Crippen molar-refractivity contribution < 1.29 is 13.2 Å². The Balaban J connectivity index is 1.46. The Kier molecular flexibility index (Phi) is 5.96. The minimum Gasteiger partial charge on any atom is -0.371 e. The number of nitrogens with zero attached hydrogens (tertiary/aromatic N) is 2. The van der Waals surface area contributed by atoms with Crippen LogP contribution in [0.1, 0.15) is 18.6 Å². The number of ether oxygens (including phenoxy) is 1. The molecule has 0 radical (unpaired) electrons. The molecule has 0 aliphatic carbocycles. The quantitative estimate of drug-likeness (QED) is 0.641. The van der Waals surface area contributed by atoms with Gasteiger partial charge in [-0.15, -0.1) is 11.3 Å². The molecule has 3 aromatic rings. The second kappa shape index (κ2) is 8.62. The Bertz CT molecular complexity index is 1050. The molecule has 1 N–H and O–H groups in total. The van der Waals surface area contributed by atoms with E-state index < -0.39 is 10.0 Å². The molecular weight excluding hydrogens is 406 g/mol. The lowest BCUT2D eigenvalue weighted by Crippen LogP contribution is -2.38. The smallest absolute Gasteiger partial charge is 0.271 e. The highest BCUT2D eigenvalue weighted by atomic mass is 32.2. The van der Waals surface area contributed by atoms with E-state index in [1.807, 2.05) is 30.3 Å². The average Bonchev–Trinajstić information content (AvgIpc) is 3.26. The van der Waals surface area contributed by atoms with E-state index in [4.69, 9.17) is 4.74 Å². The first kappa shape index (κ1) is 20.0. The van der Waals surface area contributed by atoms with Crippen LogP contribution in [-0.4, -0.2) is 44.5 Å². The molecule has 0 spiro atoms. The zero-order valence-corrected chi connectivity index (χ0v) is 17.7. The third kappa shape index (κ3) is 4.67. The highest BCUT2D eigenvalue weighted by molar-refractivity contribution is 7.94. The summed E-state index contributed by atoms with van der Waals surface area (Å²) < 4.78 is 34.3. The van der Waals surface area contributed by atoms with Crippen molar-refractivity contribution in [3.8, 4) is 10.6 Å². The molecule has 152 valence electrons. The third-order valence-electron chi connectivity index (χ3n) is 4.90. The number of benzene rings is 1. The maximum absolute atomic E-state index is 12.8. The van der Waals surface area contributed by atoms with Gasteiger partial charge in [-0.3, -0.25) is 14.6 Å². The van der Waals surface area contributed by atoms with E-state index in [2.05, 4.69) is 21.5 Å². The van der Waals surface area contributed by atoms with Crippen molar-refractivity contribution in [1.82, 2.24) is 9.88 Å². The fourth-order valence-corrected chi connectivity index (χ4v) is 5.61. The van der Waals surface area contributed by atoms with Crippen LogP contribution >= 0.6 is 11.3 Å². The van der Waals surface area contributed by atoms with Crippen molar-refractivity contribution in [2.75, 3.05) is 31.0 Å². The summed E-state index contributed by atoms with van der Waals surface area (Å²) in [5.74, 6) is 0. The van der Waals surface area contributed by atoms with Gasteiger partial charge in [-0.2, -0.15) is 0 Å². The number of thiophene rings is 1. The second-order valence-electron chi connectivity index (χ2n) is 6.81. The molecule has 0 amide bonds. The summed E-state index contributed by atoms with van der Waals surface area (Å²) in [7, 11) is -3.65. The van der Waals surface area contributed by atoms with E-state index in [9.17, 15) is 8.42 Å². The molecule has 1 aromatic carbocycles. The van der Waals surface area contributed by atoms with Crippen molar-refractivity contribution in [1.29, 1.82) is 0 Å². The van der Waals surface area contributed by atoms with Crippen LogP contribution in [0.5, 0.6) is 0 Å². The fourth-order valence-electron chi connectivity index (χ4n) is 3.27. The number of nitrogens with one attached hydrogen (secondary N) is 1. The van der Waals surface area contributed by atoms with Crippen molar-refractivity contribution in [2.24, 2.45) is 0 Å². The number of hydrogen-bond acceptors (Lipinski definition) is 6. The van der Waals surface area contributed by atoms with Crippen LogP contribution in [0.4, 0.5) is 5.69 Å². The number of anilines is 1. The Morgan fingerprint density at radius 2 is 2.00 bits per heavy atom. The summed E-state index contributed by atoms with van der Waals surface area (Å²) in [5, 5.41) is 0. The molecule has 3 heterocycles. The van der Waals surface area contributed by atoms with E-state index in [1.165, 1.54) is 11.3 Å². The highest BCUT2D eigenvalue weighted by Crippen LogP contribution is 2.31. The minimum atomic E-state index is -3.65. The van der Waals surface area contributed by atoms with Crippen LogP contribution in [0, 0.1) is 0 Å². The maximum atomic E-state index is 12.8. The van der Waals surface area contributed by atoms with Gasteiger partial charge in [0, 0.05) is 25.0 Å². The zero-order chi connectivity index (χ0) is 20.3. The highest BCUT2D eigenvalue weighted by Gasteiger charge is 2.22. The molecule has 0 saturated carbocycles. The van der Waals surface area contributed by atoms with Gasteiger partial charge in [0.05, 0.1) is 23.3 Å². The van der Waals surface area contributed by atoms with E-state index in [0.717, 1.165) is 35.8 Å². The number of morpholine rings is 1. The standard InChI is InChI=1S/C21H23N3O3S2/c1-2-24-13-14-27-19(15-24)16-6-8-17(9-7-16)23-29(25,26)21-11-10-20(28-21)18-5-3-4-12-22-18/h3-12,19,23H,2,13-15H2,1H3. The summed E-state index contributed by atoms with van der Waals surface area (Å²) in [4.78, 5) is 7.44. The Morgan fingerprint density at radius 1 is 1.17 bits per heavy atom. The number of likely N-dealkylation sites (N-methyl/N-ethyl adjacent to an activating group) is 1. The second-order valence-corrected chi connectivity index (χ2v) is 9.81. The molecule has 8 heteroatoms. The summed E-state index contributed by atoms with van der Waals surface area (Å²) in [6.45, 7) is 5.66. The van der Waals surface area contributed by atoms with Gasteiger partial charge < -0.3 is 4.74 Å². The van der Waals surface area contributed by atoms with Crippen molar-refractivity contribution in [2.45, 2.75) is 17.2 Å². The van der Waals surface area contributed by atoms with Gasteiger partial charge in [-0.05, 0) is 48.5 Å². The summed E-state index contributed by atoms with van der Waals surface area (Å²) in [5.41, 5.74) is 2.35. The van der Waals surface area contributed by atoms with Gasteiger partial charge in [0.1, 0.15) is 4.21 Å². The molecular formula is C21H23N3O3S2. The first-order valence-electron chi connectivity index (χ1n) is 9.53. The topological polar surface area (TPSA) is 71.5 Å². The Hall–Kier alpha value is -2.26. The number of hydrogen-bond donors (Lipinski definition) is 1. The van der Waals surface area contributed by atoms with Gasteiger partial charge in [0.15, 0.2) is 0 Å². The van der Waals surface area contributed by atoms with E-state index >= 15 is 0 Å². The molecule has 1 atom stereocenters. The molecule has 1 unspecified atom stereocenters. The fraction of sp³-hybridized carbons (Fsp3) is 0.286. The van der Waals surface area contributed by atoms with Crippen molar-refractivity contribution in [3.05, 3.63) is 66.4 Å². The first-order chi connectivity index (χ1) is 14.0. The van der Waals surface area contributed by atoms with Gasteiger partial charge in [-0.1, -0.05) is 25.1 Å². The molecule has 29 heavy (non-hydrogen) atoms. The average molecular weight is 430 g/mol. The van der Waals surface area contributed by atoms with Gasteiger partial charge in [0.2, 0.25) is 0 Å². The molecule has 0 bridgehead atoms. The minimum absolute atomic E-state index is 0.0209. The number of sulfonamides is 1. The van der Waals surface area contributed by atoms with Crippen molar-refractivity contribution in [3.63, 3.8) is 0 Å². The van der Waals surface area contributed by atoms with Crippen LogP contribution in [0.25, 0.3) is 10.6 Å². The Labute approximate surface area is 175 Å². The Morgan fingerprint density at radius 3 is 2.72 bits per heavy atom. The molecule has 6 nitrogen and oxygen atoms in total. The lowest BCUT2D eigenvalue weighted by Gasteiger charge is -2.32. The number of rotatable bonds is 6. The molecule has 2 aromatic heterocycles. The molecule has 1 fully saturated rings. The van der Waals surface area contributed by atoms with E-state index in [1.54, 1.807) is 30.5 Å².